The van der Waals surface area contributed by atoms with Crippen molar-refractivity contribution in [1.82, 2.24) is 9.88 Å². The zero-order valence-corrected chi connectivity index (χ0v) is 16.2. The maximum absolute atomic E-state index is 13.7. The Kier molecular flexibility index (Phi) is 5.34. The van der Waals surface area contributed by atoms with E-state index in [9.17, 15) is 9.18 Å². The third-order valence-corrected chi connectivity index (χ3v) is 4.92. The molecule has 0 saturated heterocycles. The van der Waals surface area contributed by atoms with Crippen LogP contribution in [0.2, 0.25) is 0 Å². The molecule has 0 radical (unpaired) electrons. The fraction of sp³-hybridized carbons (Fsp3) is 0.120. The van der Waals surface area contributed by atoms with Gasteiger partial charge in [0.1, 0.15) is 5.82 Å². The molecule has 0 saturated carbocycles. The fourth-order valence-electron chi connectivity index (χ4n) is 3.44. The highest BCUT2D eigenvalue weighted by Gasteiger charge is 2.20. The third kappa shape index (κ3) is 4.32. The van der Waals surface area contributed by atoms with Crippen LogP contribution in [0.15, 0.2) is 84.9 Å². The minimum atomic E-state index is -0.341. The van der Waals surface area contributed by atoms with E-state index in [1.54, 1.807) is 17.0 Å². The summed E-state index contributed by atoms with van der Waals surface area (Å²) in [5, 5.41) is 0.623. The van der Waals surface area contributed by atoms with Gasteiger partial charge in [0.25, 0.3) is 5.91 Å². The van der Waals surface area contributed by atoms with Crippen LogP contribution in [0.5, 0.6) is 0 Å². The average Bonchev–Trinajstić information content (AvgIpc) is 2.74. The lowest BCUT2D eigenvalue weighted by Gasteiger charge is -2.24. The summed E-state index contributed by atoms with van der Waals surface area (Å²) in [6.07, 6.45) is 0. The number of nitrogens with zero attached hydrogens (tertiary/aromatic N) is 2. The Hall–Kier alpha value is -3.53. The first-order valence-corrected chi connectivity index (χ1v) is 9.54. The second kappa shape index (κ2) is 8.23. The first kappa shape index (κ1) is 18.8. The smallest absolute Gasteiger partial charge is 0.256 e. The molecule has 3 nitrogen and oxygen atoms in total. The molecule has 0 spiro atoms. The molecule has 1 aromatic heterocycles. The number of fused-ring (bicyclic) bond motifs is 1. The molecule has 0 aliphatic carbocycles. The molecule has 29 heavy (non-hydrogen) atoms. The molecule has 1 amide bonds. The number of aromatic nitrogens is 1. The Morgan fingerprint density at radius 3 is 2.03 bits per heavy atom. The first-order chi connectivity index (χ1) is 14.1. The van der Waals surface area contributed by atoms with Gasteiger partial charge in [0.2, 0.25) is 0 Å². The molecular formula is C25H21FN2O. The lowest BCUT2D eigenvalue weighted by molar-refractivity contribution is 0.0729. The van der Waals surface area contributed by atoms with E-state index in [1.165, 1.54) is 12.1 Å². The number of halogens is 1. The zero-order chi connectivity index (χ0) is 20.2. The molecule has 0 fully saturated rings. The van der Waals surface area contributed by atoms with Gasteiger partial charge in [0, 0.05) is 18.5 Å². The molecule has 3 aromatic carbocycles. The molecule has 4 heteroatoms. The number of carbonyl (C=O) groups is 1. The largest absolute Gasteiger partial charge is 0.330 e. The van der Waals surface area contributed by atoms with Crippen LogP contribution in [0.3, 0.4) is 0 Å². The fourth-order valence-corrected chi connectivity index (χ4v) is 3.44. The van der Waals surface area contributed by atoms with Gasteiger partial charge in [-0.25, -0.2) is 4.39 Å². The molecule has 0 aliphatic rings. The van der Waals surface area contributed by atoms with Crippen LogP contribution < -0.4 is 0 Å². The van der Waals surface area contributed by atoms with Crippen LogP contribution >= 0.6 is 0 Å². The van der Waals surface area contributed by atoms with E-state index < -0.39 is 0 Å². The normalized spacial score (nSPS) is 10.8. The van der Waals surface area contributed by atoms with Crippen molar-refractivity contribution in [3.63, 3.8) is 0 Å². The van der Waals surface area contributed by atoms with Crippen LogP contribution in [0.1, 0.15) is 27.2 Å². The lowest BCUT2D eigenvalue weighted by atomic mass is 10.1. The number of hydrogen-bond donors (Lipinski definition) is 0. The van der Waals surface area contributed by atoms with Gasteiger partial charge in [0.15, 0.2) is 0 Å². The topological polar surface area (TPSA) is 33.2 Å². The number of amides is 1. The third-order valence-electron chi connectivity index (χ3n) is 4.92. The summed E-state index contributed by atoms with van der Waals surface area (Å²) < 4.78 is 13.7. The van der Waals surface area contributed by atoms with Crippen LogP contribution in [0, 0.1) is 12.7 Å². The van der Waals surface area contributed by atoms with Crippen molar-refractivity contribution in [3.05, 3.63) is 113 Å². The van der Waals surface area contributed by atoms with Gasteiger partial charge in [-0.1, -0.05) is 60.7 Å². The molecule has 0 atom stereocenters. The zero-order valence-electron chi connectivity index (χ0n) is 16.2. The van der Waals surface area contributed by atoms with Crippen LogP contribution in [0.25, 0.3) is 10.9 Å². The lowest BCUT2D eigenvalue weighted by Crippen LogP contribution is -2.30. The van der Waals surface area contributed by atoms with Crippen LogP contribution in [-0.4, -0.2) is 15.8 Å². The van der Waals surface area contributed by atoms with Gasteiger partial charge in [-0.15, -0.1) is 0 Å². The van der Waals surface area contributed by atoms with Crippen molar-refractivity contribution >= 4 is 16.8 Å². The summed E-state index contributed by atoms with van der Waals surface area (Å²) in [6, 6.07) is 26.0. The Morgan fingerprint density at radius 2 is 1.45 bits per heavy atom. The summed E-state index contributed by atoms with van der Waals surface area (Å²) >= 11 is 0. The SMILES string of the molecule is Cc1nc2ccc(F)cc2cc1C(=O)N(Cc1ccccc1)Cc1ccccc1. The van der Waals surface area contributed by atoms with Crippen molar-refractivity contribution < 1.29 is 9.18 Å². The van der Waals surface area contributed by atoms with Gasteiger partial charge in [-0.2, -0.15) is 0 Å². The van der Waals surface area contributed by atoms with Gasteiger partial charge in [0.05, 0.1) is 16.8 Å². The van der Waals surface area contributed by atoms with Crippen molar-refractivity contribution in [2.24, 2.45) is 0 Å². The monoisotopic (exact) mass is 384 g/mol. The minimum absolute atomic E-state index is 0.117. The van der Waals surface area contributed by atoms with E-state index in [2.05, 4.69) is 4.98 Å². The quantitative estimate of drug-likeness (QED) is 0.454. The number of carbonyl (C=O) groups excluding carboxylic acids is 1. The first-order valence-electron chi connectivity index (χ1n) is 9.54. The maximum Gasteiger partial charge on any atom is 0.256 e. The number of pyridine rings is 1. The Bertz CT molecular complexity index is 1100. The molecular weight excluding hydrogens is 363 g/mol. The van der Waals surface area contributed by atoms with Gasteiger partial charge >= 0.3 is 0 Å². The Labute approximate surface area is 169 Å². The van der Waals surface area contributed by atoms with Gasteiger partial charge < -0.3 is 4.90 Å². The van der Waals surface area contributed by atoms with Crippen molar-refractivity contribution in [2.75, 3.05) is 0 Å². The number of hydrogen-bond acceptors (Lipinski definition) is 2. The van der Waals surface area contributed by atoms with E-state index in [0.29, 0.717) is 35.2 Å². The molecule has 4 rings (SSSR count). The van der Waals surface area contributed by atoms with E-state index in [-0.39, 0.29) is 11.7 Å². The standard InChI is InChI=1S/C25H21FN2O/c1-18-23(15-21-14-22(26)12-13-24(21)27-18)25(29)28(16-19-8-4-2-5-9-19)17-20-10-6-3-7-11-20/h2-15H,16-17H2,1H3. The molecule has 0 aliphatic heterocycles. The van der Waals surface area contributed by atoms with Gasteiger partial charge in [-0.05, 0) is 42.3 Å². The molecule has 0 bridgehead atoms. The number of aryl methyl sites for hydroxylation is 1. The van der Waals surface area contributed by atoms with E-state index in [1.807, 2.05) is 67.6 Å². The minimum Gasteiger partial charge on any atom is -0.330 e. The predicted molar refractivity (Wildman–Crippen MR) is 113 cm³/mol. The predicted octanol–water partition coefficient (Wildman–Crippen LogP) is 5.52. The second-order valence-electron chi connectivity index (χ2n) is 7.09. The van der Waals surface area contributed by atoms with E-state index in [0.717, 1.165) is 11.1 Å². The Morgan fingerprint density at radius 1 is 0.862 bits per heavy atom. The molecule has 0 N–H and O–H groups in total. The highest BCUT2D eigenvalue weighted by molar-refractivity contribution is 5.98. The Balaban J connectivity index is 1.72. The summed E-state index contributed by atoms with van der Waals surface area (Å²) in [7, 11) is 0. The van der Waals surface area contributed by atoms with Crippen molar-refractivity contribution in [2.45, 2.75) is 20.0 Å². The maximum atomic E-state index is 13.7. The van der Waals surface area contributed by atoms with Crippen LogP contribution in [0.4, 0.5) is 4.39 Å². The van der Waals surface area contributed by atoms with Gasteiger partial charge in [-0.3, -0.25) is 9.78 Å². The van der Waals surface area contributed by atoms with Crippen molar-refractivity contribution in [3.8, 4) is 0 Å². The molecule has 144 valence electrons. The highest BCUT2D eigenvalue weighted by atomic mass is 19.1. The summed E-state index contributed by atoms with van der Waals surface area (Å²) in [4.78, 5) is 19.8. The summed E-state index contributed by atoms with van der Waals surface area (Å²) in [5.74, 6) is -0.458. The summed E-state index contributed by atoms with van der Waals surface area (Å²) in [6.45, 7) is 2.78. The molecule has 1 heterocycles. The van der Waals surface area contributed by atoms with Crippen LogP contribution in [-0.2, 0) is 13.1 Å². The number of benzene rings is 3. The highest BCUT2D eigenvalue weighted by Crippen LogP contribution is 2.21. The number of rotatable bonds is 5. The second-order valence-corrected chi connectivity index (χ2v) is 7.09. The van der Waals surface area contributed by atoms with Crippen molar-refractivity contribution in [1.29, 1.82) is 0 Å². The molecule has 4 aromatic rings. The van der Waals surface area contributed by atoms with E-state index in [4.69, 9.17) is 0 Å². The molecule has 0 unspecified atom stereocenters. The average molecular weight is 384 g/mol. The summed E-state index contributed by atoms with van der Waals surface area (Å²) in [5.41, 5.74) is 3.91. The van der Waals surface area contributed by atoms with E-state index >= 15 is 0 Å².